The Morgan fingerprint density at radius 1 is 1.33 bits per heavy atom. The molecule has 1 aromatic rings. The summed E-state index contributed by atoms with van der Waals surface area (Å²) in [6.07, 6.45) is 0.990. The van der Waals surface area contributed by atoms with Gasteiger partial charge in [-0.15, -0.1) is 6.58 Å². The second kappa shape index (κ2) is 7.98. The summed E-state index contributed by atoms with van der Waals surface area (Å²) < 4.78 is 27.7. The van der Waals surface area contributed by atoms with E-state index in [0.717, 1.165) is 0 Å². The molecule has 1 unspecified atom stereocenters. The van der Waals surface area contributed by atoms with Crippen LogP contribution in [0.15, 0.2) is 43.0 Å². The summed E-state index contributed by atoms with van der Waals surface area (Å²) in [5.74, 6) is -0.246. The molecular formula is C14H20NO5P. The summed E-state index contributed by atoms with van der Waals surface area (Å²) in [6, 6.07) is 7.51. The highest BCUT2D eigenvalue weighted by molar-refractivity contribution is 7.52. The van der Waals surface area contributed by atoms with Crippen molar-refractivity contribution < 1.29 is 23.1 Å². The van der Waals surface area contributed by atoms with Crippen molar-refractivity contribution in [2.24, 2.45) is 0 Å². The van der Waals surface area contributed by atoms with Gasteiger partial charge >= 0.3 is 13.7 Å². The van der Waals surface area contributed by atoms with Crippen LogP contribution in [0.5, 0.6) is 5.75 Å². The van der Waals surface area contributed by atoms with Gasteiger partial charge in [0, 0.05) is 7.11 Å². The molecule has 0 amide bonds. The number of rotatable bonds is 8. The highest BCUT2D eigenvalue weighted by Crippen LogP contribution is 2.43. The summed E-state index contributed by atoms with van der Waals surface area (Å²) in [7, 11) is -2.49. The van der Waals surface area contributed by atoms with Crippen LogP contribution >= 0.6 is 7.75 Å². The Kier molecular flexibility index (Phi) is 6.62. The van der Waals surface area contributed by atoms with Gasteiger partial charge in [-0.3, -0.25) is 4.52 Å². The van der Waals surface area contributed by atoms with Crippen molar-refractivity contribution in [3.8, 4) is 5.75 Å². The van der Waals surface area contributed by atoms with E-state index in [2.05, 4.69) is 11.7 Å². The van der Waals surface area contributed by atoms with Gasteiger partial charge in [-0.1, -0.05) is 24.3 Å². The molecule has 0 spiro atoms. The number of benzene rings is 1. The second-order valence-corrected chi connectivity index (χ2v) is 6.21. The van der Waals surface area contributed by atoms with Crippen molar-refractivity contribution in [3.63, 3.8) is 0 Å². The number of carbonyl (C=O) groups excluding carboxylic acids is 1. The van der Waals surface area contributed by atoms with Crippen LogP contribution in [-0.4, -0.2) is 25.2 Å². The van der Waals surface area contributed by atoms with E-state index in [4.69, 9.17) is 13.8 Å². The number of ether oxygens (including phenoxy) is 1. The maximum Gasteiger partial charge on any atom is 0.459 e. The number of nitrogens with one attached hydrogen (secondary N) is 1. The maximum atomic E-state index is 12.5. The average Bonchev–Trinajstić information content (AvgIpc) is 2.45. The maximum absolute atomic E-state index is 12.5. The van der Waals surface area contributed by atoms with E-state index in [1.165, 1.54) is 13.2 Å². The molecule has 0 fully saturated rings. The van der Waals surface area contributed by atoms with Gasteiger partial charge in [0.15, 0.2) is 0 Å². The van der Waals surface area contributed by atoms with Gasteiger partial charge < -0.3 is 9.26 Å². The Labute approximate surface area is 124 Å². The molecule has 6 nitrogen and oxygen atoms in total. The van der Waals surface area contributed by atoms with Crippen molar-refractivity contribution in [2.75, 3.05) is 7.11 Å². The lowest BCUT2D eigenvalue weighted by atomic mass is 10.3. The van der Waals surface area contributed by atoms with E-state index in [9.17, 15) is 9.36 Å². The van der Waals surface area contributed by atoms with Crippen LogP contribution in [0.1, 0.15) is 13.8 Å². The van der Waals surface area contributed by atoms with Crippen molar-refractivity contribution in [2.45, 2.75) is 26.0 Å². The minimum Gasteiger partial charge on any atom is -0.462 e. The van der Waals surface area contributed by atoms with E-state index in [1.807, 2.05) is 0 Å². The molecule has 0 saturated heterocycles. The molecule has 0 saturated carbocycles. The van der Waals surface area contributed by atoms with Gasteiger partial charge in [-0.25, -0.2) is 9.36 Å². The van der Waals surface area contributed by atoms with Crippen molar-refractivity contribution >= 4 is 13.7 Å². The van der Waals surface area contributed by atoms with Crippen LogP contribution in [0.25, 0.3) is 0 Å². The molecular weight excluding hydrogens is 293 g/mol. The lowest BCUT2D eigenvalue weighted by Gasteiger charge is -2.22. The van der Waals surface area contributed by atoms with Gasteiger partial charge in [0.2, 0.25) is 0 Å². The molecule has 0 aromatic heterocycles. The third kappa shape index (κ3) is 5.71. The van der Waals surface area contributed by atoms with E-state index in [1.54, 1.807) is 44.2 Å². The van der Waals surface area contributed by atoms with Gasteiger partial charge in [0.05, 0.1) is 6.10 Å². The molecule has 0 bridgehead atoms. The molecule has 2 atom stereocenters. The average molecular weight is 313 g/mol. The molecule has 0 aliphatic heterocycles. The molecule has 1 rings (SSSR count). The third-order valence-electron chi connectivity index (χ3n) is 2.35. The van der Waals surface area contributed by atoms with E-state index in [-0.39, 0.29) is 6.10 Å². The van der Waals surface area contributed by atoms with E-state index in [0.29, 0.717) is 5.75 Å². The number of carbonyl (C=O) groups is 1. The predicted octanol–water partition coefficient (Wildman–Crippen LogP) is 2.92. The zero-order chi connectivity index (χ0) is 15.9. The fourth-order valence-corrected chi connectivity index (χ4v) is 2.60. The molecule has 1 N–H and O–H groups in total. The summed E-state index contributed by atoms with van der Waals surface area (Å²) in [5.41, 5.74) is 0. The zero-order valence-corrected chi connectivity index (χ0v) is 13.2. The zero-order valence-electron chi connectivity index (χ0n) is 12.3. The standard InChI is InChI=1S/C14H20NO5P/c1-5-13(14(16)19-11(2)3)15-21(17,18-4)20-12-9-7-6-8-10-12/h5-11,13H,1H2,2-4H3,(H,15,17)/t13-,21?/m0/s1. The quantitative estimate of drug-likeness (QED) is 0.452. The molecule has 0 heterocycles. The van der Waals surface area contributed by atoms with Crippen LogP contribution in [0.2, 0.25) is 0 Å². The topological polar surface area (TPSA) is 73.9 Å². The fraction of sp³-hybridized carbons (Fsp3) is 0.357. The second-order valence-electron chi connectivity index (χ2n) is 4.41. The van der Waals surface area contributed by atoms with Crippen molar-refractivity contribution in [1.29, 1.82) is 0 Å². The number of esters is 1. The Hall–Kier alpha value is -1.62. The van der Waals surface area contributed by atoms with E-state index < -0.39 is 19.8 Å². The van der Waals surface area contributed by atoms with Gasteiger partial charge in [0.1, 0.15) is 11.8 Å². The van der Waals surface area contributed by atoms with Crippen LogP contribution in [0.4, 0.5) is 0 Å². The van der Waals surface area contributed by atoms with Gasteiger partial charge in [-0.05, 0) is 26.0 Å². The predicted molar refractivity (Wildman–Crippen MR) is 80.0 cm³/mol. The molecule has 116 valence electrons. The molecule has 7 heteroatoms. The molecule has 0 aliphatic carbocycles. The van der Waals surface area contributed by atoms with Gasteiger partial charge in [0.25, 0.3) is 0 Å². The first-order valence-electron chi connectivity index (χ1n) is 6.41. The summed E-state index contributed by atoms with van der Waals surface area (Å²) in [5, 5.41) is 2.50. The third-order valence-corrected chi connectivity index (χ3v) is 3.87. The Morgan fingerprint density at radius 3 is 2.43 bits per heavy atom. The molecule has 21 heavy (non-hydrogen) atoms. The lowest BCUT2D eigenvalue weighted by molar-refractivity contribution is -0.148. The highest BCUT2D eigenvalue weighted by Gasteiger charge is 2.32. The van der Waals surface area contributed by atoms with Crippen LogP contribution in [0, 0.1) is 0 Å². The Balaban J connectivity index is 2.80. The Morgan fingerprint density at radius 2 is 1.95 bits per heavy atom. The summed E-state index contributed by atoms with van der Waals surface area (Å²) in [4.78, 5) is 11.8. The first-order chi connectivity index (χ1) is 9.90. The van der Waals surface area contributed by atoms with Crippen molar-refractivity contribution in [1.82, 2.24) is 5.09 Å². The monoisotopic (exact) mass is 313 g/mol. The molecule has 1 aromatic carbocycles. The number of hydrogen-bond acceptors (Lipinski definition) is 5. The van der Waals surface area contributed by atoms with Crippen LogP contribution < -0.4 is 9.61 Å². The lowest BCUT2D eigenvalue weighted by Crippen LogP contribution is -2.36. The minimum absolute atomic E-state index is 0.293. The van der Waals surface area contributed by atoms with Crippen molar-refractivity contribution in [3.05, 3.63) is 43.0 Å². The highest BCUT2D eigenvalue weighted by atomic mass is 31.2. The molecule has 0 radical (unpaired) electrons. The number of para-hydroxylation sites is 1. The normalized spacial score (nSPS) is 15.0. The first-order valence-corrected chi connectivity index (χ1v) is 7.95. The smallest absolute Gasteiger partial charge is 0.459 e. The SMILES string of the molecule is C=C[C@H](NP(=O)(OC)Oc1ccccc1)C(=O)OC(C)C. The van der Waals surface area contributed by atoms with Crippen LogP contribution in [-0.2, 0) is 18.6 Å². The van der Waals surface area contributed by atoms with E-state index >= 15 is 0 Å². The summed E-state index contributed by atoms with van der Waals surface area (Å²) in [6.45, 7) is 6.95. The molecule has 0 aliphatic rings. The Bertz CT molecular complexity index is 517. The van der Waals surface area contributed by atoms with Crippen LogP contribution in [0.3, 0.4) is 0 Å². The fourth-order valence-electron chi connectivity index (χ4n) is 1.41. The minimum atomic E-state index is -3.71. The largest absolute Gasteiger partial charge is 0.462 e. The first kappa shape index (κ1) is 17.4. The number of hydrogen-bond donors (Lipinski definition) is 1. The van der Waals surface area contributed by atoms with Gasteiger partial charge in [-0.2, -0.15) is 5.09 Å². The summed E-state index contributed by atoms with van der Waals surface area (Å²) >= 11 is 0.